The zero-order valence-corrected chi connectivity index (χ0v) is 13.0. The van der Waals surface area contributed by atoms with Crippen LogP contribution in [0.1, 0.15) is 19.3 Å². The van der Waals surface area contributed by atoms with Crippen LogP contribution in [0.2, 0.25) is 0 Å². The summed E-state index contributed by atoms with van der Waals surface area (Å²) in [4.78, 5) is 13.9. The maximum atomic E-state index is 12.1. The van der Waals surface area contributed by atoms with E-state index < -0.39 is 6.10 Å². The standard InChI is InChI=1S/C12H24N2O3S2/c1-17-9-10-7-11(15)8-14(10)12(16)3-2-5-18-19-6-4-13/h10-11,15H,2-9,13H2,1H3/t10-,11+/m1/s1. The smallest absolute Gasteiger partial charge is 0.223 e. The molecule has 19 heavy (non-hydrogen) atoms. The first-order valence-corrected chi connectivity index (χ1v) is 9.08. The highest BCUT2D eigenvalue weighted by Gasteiger charge is 2.33. The van der Waals surface area contributed by atoms with Gasteiger partial charge in [-0.05, 0) is 12.8 Å². The molecule has 1 saturated heterocycles. The van der Waals surface area contributed by atoms with Crippen molar-refractivity contribution < 1.29 is 14.6 Å². The number of hydrogen-bond donors (Lipinski definition) is 2. The lowest BCUT2D eigenvalue weighted by Gasteiger charge is -2.23. The Morgan fingerprint density at radius 3 is 2.89 bits per heavy atom. The van der Waals surface area contributed by atoms with E-state index in [1.54, 1.807) is 33.6 Å². The van der Waals surface area contributed by atoms with Crippen LogP contribution in [0, 0.1) is 0 Å². The van der Waals surface area contributed by atoms with Crippen molar-refractivity contribution in [3.8, 4) is 0 Å². The van der Waals surface area contributed by atoms with E-state index in [4.69, 9.17) is 10.5 Å². The number of nitrogens with zero attached hydrogens (tertiary/aromatic N) is 1. The molecule has 3 N–H and O–H groups in total. The van der Waals surface area contributed by atoms with Crippen molar-refractivity contribution in [2.75, 3.05) is 38.3 Å². The minimum Gasteiger partial charge on any atom is -0.391 e. The van der Waals surface area contributed by atoms with Gasteiger partial charge in [0.05, 0.1) is 18.8 Å². The fourth-order valence-electron chi connectivity index (χ4n) is 2.14. The van der Waals surface area contributed by atoms with Crippen LogP contribution in [0.4, 0.5) is 0 Å². The Labute approximate surface area is 123 Å². The van der Waals surface area contributed by atoms with E-state index >= 15 is 0 Å². The van der Waals surface area contributed by atoms with Gasteiger partial charge in [0.2, 0.25) is 5.91 Å². The predicted molar refractivity (Wildman–Crippen MR) is 81.2 cm³/mol. The average Bonchev–Trinajstić information content (AvgIpc) is 2.75. The molecule has 0 aromatic rings. The van der Waals surface area contributed by atoms with Gasteiger partial charge in [-0.15, -0.1) is 0 Å². The van der Waals surface area contributed by atoms with Gasteiger partial charge in [-0.25, -0.2) is 0 Å². The van der Waals surface area contributed by atoms with E-state index in [1.165, 1.54) is 0 Å². The molecule has 0 spiro atoms. The number of ether oxygens (including phenoxy) is 1. The van der Waals surface area contributed by atoms with Gasteiger partial charge in [-0.3, -0.25) is 4.79 Å². The van der Waals surface area contributed by atoms with Crippen LogP contribution in [0.25, 0.3) is 0 Å². The molecule has 2 atom stereocenters. The number of aliphatic hydroxyl groups excluding tert-OH is 1. The number of rotatable bonds is 9. The summed E-state index contributed by atoms with van der Waals surface area (Å²) in [5.41, 5.74) is 5.40. The van der Waals surface area contributed by atoms with Gasteiger partial charge in [0.25, 0.3) is 0 Å². The van der Waals surface area contributed by atoms with E-state index in [0.717, 1.165) is 17.9 Å². The van der Waals surface area contributed by atoms with Crippen LogP contribution in [0.3, 0.4) is 0 Å². The lowest BCUT2D eigenvalue weighted by Crippen LogP contribution is -2.38. The second-order valence-electron chi connectivity index (χ2n) is 4.58. The molecule has 1 heterocycles. The first-order valence-electron chi connectivity index (χ1n) is 6.60. The number of amides is 1. The lowest BCUT2D eigenvalue weighted by molar-refractivity contribution is -0.133. The number of hydrogen-bond acceptors (Lipinski definition) is 6. The molecule has 1 amide bonds. The summed E-state index contributed by atoms with van der Waals surface area (Å²) < 4.78 is 5.10. The molecular formula is C12H24N2O3S2. The summed E-state index contributed by atoms with van der Waals surface area (Å²) in [6.07, 6.45) is 1.63. The van der Waals surface area contributed by atoms with Crippen LogP contribution in [0.5, 0.6) is 0 Å². The Morgan fingerprint density at radius 2 is 2.21 bits per heavy atom. The first kappa shape index (κ1) is 17.1. The van der Waals surface area contributed by atoms with Crippen LogP contribution in [-0.2, 0) is 9.53 Å². The first-order chi connectivity index (χ1) is 9.19. The van der Waals surface area contributed by atoms with Crippen molar-refractivity contribution in [2.45, 2.75) is 31.4 Å². The molecule has 1 fully saturated rings. The Bertz CT molecular complexity index is 269. The minimum atomic E-state index is -0.404. The third-order valence-electron chi connectivity index (χ3n) is 2.97. The van der Waals surface area contributed by atoms with Crippen molar-refractivity contribution in [3.63, 3.8) is 0 Å². The van der Waals surface area contributed by atoms with Crippen molar-refractivity contribution in [3.05, 3.63) is 0 Å². The third kappa shape index (κ3) is 6.35. The Hall–Kier alpha value is 0.0500. The molecule has 0 aromatic carbocycles. The molecule has 0 bridgehead atoms. The fourth-order valence-corrected chi connectivity index (χ4v) is 4.08. The Kier molecular flexibility index (Phi) is 8.89. The highest BCUT2D eigenvalue weighted by Crippen LogP contribution is 2.23. The van der Waals surface area contributed by atoms with E-state index in [-0.39, 0.29) is 11.9 Å². The molecule has 0 aliphatic carbocycles. The van der Waals surface area contributed by atoms with E-state index in [9.17, 15) is 9.90 Å². The SMILES string of the molecule is COC[C@H]1C[C@H](O)CN1C(=O)CCCSSCCN. The molecule has 5 nitrogen and oxygen atoms in total. The molecule has 1 aliphatic heterocycles. The predicted octanol–water partition coefficient (Wildman–Crippen LogP) is 0.715. The maximum Gasteiger partial charge on any atom is 0.223 e. The summed E-state index contributed by atoms with van der Waals surface area (Å²) in [6, 6.07) is 0.0340. The summed E-state index contributed by atoms with van der Waals surface area (Å²) in [6.45, 7) is 1.65. The number of nitrogens with two attached hydrogens (primary N) is 1. The molecule has 0 saturated carbocycles. The second kappa shape index (κ2) is 9.88. The van der Waals surface area contributed by atoms with Crippen LogP contribution < -0.4 is 5.73 Å². The molecular weight excluding hydrogens is 284 g/mol. The summed E-state index contributed by atoms with van der Waals surface area (Å²) in [7, 11) is 5.14. The largest absolute Gasteiger partial charge is 0.391 e. The average molecular weight is 308 g/mol. The highest BCUT2D eigenvalue weighted by atomic mass is 33.1. The Morgan fingerprint density at radius 1 is 1.47 bits per heavy atom. The number of aliphatic hydroxyl groups is 1. The van der Waals surface area contributed by atoms with Gasteiger partial charge in [0.1, 0.15) is 0 Å². The van der Waals surface area contributed by atoms with Crippen LogP contribution in [-0.4, -0.2) is 66.4 Å². The number of β-amino-alcohol motifs (C(OH)–C–C–N with tert-alkyl or cyclic N) is 1. The molecule has 112 valence electrons. The Balaban J connectivity index is 2.20. The second-order valence-corrected chi connectivity index (χ2v) is 7.28. The molecule has 0 radical (unpaired) electrons. The van der Waals surface area contributed by atoms with E-state index in [1.807, 2.05) is 0 Å². The quantitative estimate of drug-likeness (QED) is 0.483. The van der Waals surface area contributed by atoms with Gasteiger partial charge in [-0.1, -0.05) is 21.6 Å². The summed E-state index contributed by atoms with van der Waals surface area (Å²) in [5.74, 6) is 2.04. The van der Waals surface area contributed by atoms with Gasteiger partial charge < -0.3 is 20.5 Å². The van der Waals surface area contributed by atoms with Crippen molar-refractivity contribution in [2.24, 2.45) is 5.73 Å². The zero-order valence-electron chi connectivity index (χ0n) is 11.4. The summed E-state index contributed by atoms with van der Waals surface area (Å²) >= 11 is 0. The van der Waals surface area contributed by atoms with Gasteiger partial charge in [0, 0.05) is 38.1 Å². The van der Waals surface area contributed by atoms with Gasteiger partial charge >= 0.3 is 0 Å². The van der Waals surface area contributed by atoms with Gasteiger partial charge in [0.15, 0.2) is 0 Å². The van der Waals surface area contributed by atoms with Crippen LogP contribution in [0.15, 0.2) is 0 Å². The molecule has 1 rings (SSSR count). The number of carbonyl (C=O) groups excluding carboxylic acids is 1. The van der Waals surface area contributed by atoms with E-state index in [2.05, 4.69) is 0 Å². The van der Waals surface area contributed by atoms with Gasteiger partial charge in [-0.2, -0.15) is 0 Å². The summed E-state index contributed by atoms with van der Waals surface area (Å²) in [5, 5.41) is 9.65. The third-order valence-corrected chi connectivity index (χ3v) is 5.50. The van der Waals surface area contributed by atoms with Crippen molar-refractivity contribution >= 4 is 27.5 Å². The van der Waals surface area contributed by atoms with Crippen molar-refractivity contribution in [1.82, 2.24) is 4.90 Å². The minimum absolute atomic E-state index is 0.0340. The fraction of sp³-hybridized carbons (Fsp3) is 0.917. The molecule has 7 heteroatoms. The van der Waals surface area contributed by atoms with E-state index in [0.29, 0.717) is 32.5 Å². The number of carbonyl (C=O) groups is 1. The topological polar surface area (TPSA) is 75.8 Å². The monoisotopic (exact) mass is 308 g/mol. The zero-order chi connectivity index (χ0) is 14.1. The maximum absolute atomic E-state index is 12.1. The lowest BCUT2D eigenvalue weighted by atomic mass is 10.2. The molecule has 0 aromatic heterocycles. The number of methoxy groups -OCH3 is 1. The number of likely N-dealkylation sites (tertiary alicyclic amines) is 1. The van der Waals surface area contributed by atoms with Crippen molar-refractivity contribution in [1.29, 1.82) is 0 Å². The highest BCUT2D eigenvalue weighted by molar-refractivity contribution is 8.76. The van der Waals surface area contributed by atoms with Crippen LogP contribution >= 0.6 is 21.6 Å². The normalized spacial score (nSPS) is 23.0. The molecule has 0 unspecified atom stereocenters. The molecule has 1 aliphatic rings.